The van der Waals surface area contributed by atoms with Crippen molar-refractivity contribution in [2.75, 3.05) is 11.5 Å². The van der Waals surface area contributed by atoms with Gasteiger partial charge in [-0.05, 0) is 35.9 Å². The molecule has 0 aliphatic carbocycles. The summed E-state index contributed by atoms with van der Waals surface area (Å²) in [6, 6.07) is 19.0. The maximum absolute atomic E-state index is 9.05. The summed E-state index contributed by atoms with van der Waals surface area (Å²) in [6.07, 6.45) is 0. The number of hydrogen-bond acceptors (Lipinski definition) is 4. The van der Waals surface area contributed by atoms with Gasteiger partial charge in [0.2, 0.25) is 0 Å². The second-order valence-electron chi connectivity index (χ2n) is 3.27. The maximum atomic E-state index is 9.05. The van der Waals surface area contributed by atoms with E-state index in [-0.39, 0.29) is 0 Å². The molecule has 0 fully saturated rings. The largest absolute Gasteiger partial charge is 0.399 e. The molecule has 0 bridgehead atoms. The van der Waals surface area contributed by atoms with Crippen molar-refractivity contribution < 1.29 is 13.0 Å². The van der Waals surface area contributed by atoms with Gasteiger partial charge in [0.15, 0.2) is 0 Å². The number of rotatable bonds is 0. The summed E-state index contributed by atoms with van der Waals surface area (Å²) in [5, 5.41) is 0. The molecule has 0 unspecified atom stereocenters. The van der Waals surface area contributed by atoms with E-state index in [1.54, 1.807) is 0 Å². The van der Waals surface area contributed by atoms with Crippen LogP contribution in [-0.4, -0.2) is 13.0 Å². The van der Waals surface area contributed by atoms with Crippen LogP contribution in [0, 0.1) is 0 Å². The van der Waals surface area contributed by atoms with E-state index in [4.69, 9.17) is 24.4 Å². The molecule has 0 radical (unpaired) electrons. The second-order valence-corrected chi connectivity index (χ2v) is 5.55. The van der Waals surface area contributed by atoms with Crippen molar-refractivity contribution >= 4 is 32.2 Å². The Morgan fingerprint density at radius 2 is 1.00 bits per heavy atom. The number of anilines is 2. The number of hydrogen-bond donors (Lipinski definition) is 4. The lowest BCUT2D eigenvalue weighted by atomic mass is 10.3. The molecule has 5 nitrogen and oxygen atoms in total. The molecule has 2 rings (SSSR count). The highest BCUT2D eigenvalue weighted by atomic mass is 33.1. The van der Waals surface area contributed by atoms with E-state index >= 15 is 0 Å². The topological polar surface area (TPSA) is 106 Å². The van der Waals surface area contributed by atoms with Gasteiger partial charge in [0.1, 0.15) is 0 Å². The average molecular weight is 300 g/mol. The molecule has 7 heteroatoms. The molecule has 0 heterocycles. The first-order chi connectivity index (χ1) is 8.79. The lowest BCUT2D eigenvalue weighted by Crippen LogP contribution is -1.79. The van der Waals surface area contributed by atoms with Crippen LogP contribution in [0.15, 0.2) is 60.7 Å². The number of nitrogens with two attached hydrogens (primary N) is 2. The van der Waals surface area contributed by atoms with Gasteiger partial charge in [0.25, 0.3) is 0 Å². The summed E-state index contributed by atoms with van der Waals surface area (Å²) in [6.45, 7) is 0. The molecule has 5 N–H and O–H groups in total. The fraction of sp³-hybridized carbons (Fsp3) is 0. The molecule has 0 aliphatic rings. The third-order valence-electron chi connectivity index (χ3n) is 1.60. The zero-order valence-corrected chi connectivity index (χ0v) is 11.8. The molecule has 0 spiro atoms. The molecule has 2 aromatic carbocycles. The number of nitrogen functional groups attached to an aromatic ring is 2. The Kier molecular flexibility index (Phi) is 8.43. The molecule has 0 aliphatic heterocycles. The van der Waals surface area contributed by atoms with E-state index in [2.05, 4.69) is 11.7 Å². The van der Waals surface area contributed by atoms with Gasteiger partial charge >= 0.3 is 9.15 Å². The molecule has 0 amide bonds. The molecule has 0 atom stereocenters. The zero-order valence-electron chi connectivity index (χ0n) is 10.0. The Hall–Kier alpha value is -1.70. The Bertz CT molecular complexity index is 500. The average Bonchev–Trinajstić information content (AvgIpc) is 2.29. The van der Waals surface area contributed by atoms with Gasteiger partial charge in [-0.1, -0.05) is 36.4 Å². The van der Waals surface area contributed by atoms with Crippen LogP contribution >= 0.6 is 11.7 Å². The molecular formula is C12H16N2O3S2. The summed E-state index contributed by atoms with van der Waals surface area (Å²) >= 11 is 2.65. The first-order valence-corrected chi connectivity index (χ1v) is 7.59. The summed E-state index contributed by atoms with van der Waals surface area (Å²) in [7, 11) is -3.97. The lowest BCUT2D eigenvalue weighted by Gasteiger charge is -1.83. The van der Waals surface area contributed by atoms with Crippen LogP contribution in [0.25, 0.3) is 0 Å². The minimum absolute atomic E-state index is 0.822. The van der Waals surface area contributed by atoms with Crippen LogP contribution in [0.4, 0.5) is 11.4 Å². The van der Waals surface area contributed by atoms with Crippen LogP contribution < -0.4 is 11.5 Å². The van der Waals surface area contributed by atoms with Gasteiger partial charge < -0.3 is 11.5 Å². The maximum Gasteiger partial charge on any atom is 0.316 e. The van der Waals surface area contributed by atoms with Crippen molar-refractivity contribution in [3.8, 4) is 0 Å². The van der Waals surface area contributed by atoms with Crippen molar-refractivity contribution in [2.24, 2.45) is 0 Å². The summed E-state index contributed by atoms with van der Waals surface area (Å²) in [4.78, 5) is 0. The standard InChI is InChI=1S/2C6H7N.H2O3S2/c2*7-6-4-2-1-3-5-6;1-5(2,3)4/h2*1-5H,7H2;(H2,1,2,3,4). The summed E-state index contributed by atoms with van der Waals surface area (Å²) in [5.74, 6) is 0. The fourth-order valence-electron chi connectivity index (χ4n) is 0.906. The Balaban J connectivity index is 0.000000261. The molecule has 104 valence electrons. The summed E-state index contributed by atoms with van der Waals surface area (Å²) < 4.78 is 25.5. The van der Waals surface area contributed by atoms with Gasteiger partial charge in [-0.25, -0.2) is 0 Å². The van der Waals surface area contributed by atoms with E-state index in [1.807, 2.05) is 60.7 Å². The minimum Gasteiger partial charge on any atom is -0.399 e. The van der Waals surface area contributed by atoms with Gasteiger partial charge in [-0.3, -0.25) is 4.55 Å². The molecule has 0 saturated heterocycles. The highest BCUT2D eigenvalue weighted by Gasteiger charge is 1.83. The first kappa shape index (κ1) is 17.3. The van der Waals surface area contributed by atoms with E-state index < -0.39 is 9.15 Å². The van der Waals surface area contributed by atoms with Gasteiger partial charge in [-0.15, -0.1) is 0 Å². The van der Waals surface area contributed by atoms with E-state index in [0.717, 1.165) is 11.4 Å². The SMILES string of the molecule is Nc1ccccc1.Nc1ccccc1.O=S(=O)(O)S. The number of para-hydroxylation sites is 2. The highest BCUT2D eigenvalue weighted by molar-refractivity contribution is 8.61. The van der Waals surface area contributed by atoms with Gasteiger partial charge in [0, 0.05) is 11.4 Å². The molecule has 2 aromatic rings. The van der Waals surface area contributed by atoms with Gasteiger partial charge in [-0.2, -0.15) is 8.42 Å². The third kappa shape index (κ3) is 16.3. The van der Waals surface area contributed by atoms with Gasteiger partial charge in [0.05, 0.1) is 0 Å². The minimum atomic E-state index is -3.97. The molecule has 0 saturated carbocycles. The van der Waals surface area contributed by atoms with Crippen LogP contribution in [0.2, 0.25) is 0 Å². The summed E-state index contributed by atoms with van der Waals surface area (Å²) in [5.41, 5.74) is 12.4. The van der Waals surface area contributed by atoms with Crippen LogP contribution in [0.1, 0.15) is 0 Å². The van der Waals surface area contributed by atoms with Crippen LogP contribution in [0.3, 0.4) is 0 Å². The van der Waals surface area contributed by atoms with Crippen molar-refractivity contribution in [2.45, 2.75) is 0 Å². The zero-order chi connectivity index (χ0) is 14.7. The van der Waals surface area contributed by atoms with Crippen molar-refractivity contribution in [3.05, 3.63) is 60.7 Å². The predicted molar refractivity (Wildman–Crippen MR) is 82.2 cm³/mol. The van der Waals surface area contributed by atoms with Crippen molar-refractivity contribution in [3.63, 3.8) is 0 Å². The van der Waals surface area contributed by atoms with Crippen molar-refractivity contribution in [1.82, 2.24) is 0 Å². The number of thiol groups is 1. The monoisotopic (exact) mass is 300 g/mol. The lowest BCUT2D eigenvalue weighted by molar-refractivity contribution is 0.503. The third-order valence-corrected chi connectivity index (χ3v) is 1.60. The highest BCUT2D eigenvalue weighted by Crippen LogP contribution is 1.96. The molecule has 0 aromatic heterocycles. The molecule has 19 heavy (non-hydrogen) atoms. The quantitative estimate of drug-likeness (QED) is 0.258. The number of benzene rings is 2. The Labute approximate surface area is 117 Å². The Morgan fingerprint density at radius 3 is 1.11 bits per heavy atom. The van der Waals surface area contributed by atoms with E-state index in [9.17, 15) is 0 Å². The van der Waals surface area contributed by atoms with Crippen LogP contribution in [0.5, 0.6) is 0 Å². The predicted octanol–water partition coefficient (Wildman–Crippen LogP) is 2.26. The second kappa shape index (κ2) is 9.26. The van der Waals surface area contributed by atoms with E-state index in [0.29, 0.717) is 0 Å². The smallest absolute Gasteiger partial charge is 0.316 e. The normalized spacial score (nSPS) is 9.37. The first-order valence-electron chi connectivity index (χ1n) is 5.10. The van der Waals surface area contributed by atoms with Crippen LogP contribution in [-0.2, 0) is 9.15 Å². The van der Waals surface area contributed by atoms with E-state index in [1.165, 1.54) is 0 Å². The fourth-order valence-corrected chi connectivity index (χ4v) is 0.906. The van der Waals surface area contributed by atoms with Crippen molar-refractivity contribution in [1.29, 1.82) is 0 Å². The molecular weight excluding hydrogens is 284 g/mol. The Morgan fingerprint density at radius 1 is 0.789 bits per heavy atom.